The fourth-order valence-corrected chi connectivity index (χ4v) is 1.68. The molecule has 116 valence electrons. The van der Waals surface area contributed by atoms with Crippen molar-refractivity contribution < 1.29 is 14.3 Å². The van der Waals surface area contributed by atoms with Crippen LogP contribution in [0.25, 0.3) is 0 Å². The van der Waals surface area contributed by atoms with Crippen LogP contribution in [0.1, 0.15) is 28.7 Å². The summed E-state index contributed by atoms with van der Waals surface area (Å²) in [7, 11) is 0. The Bertz CT molecular complexity index is 766. The van der Waals surface area contributed by atoms with Gasteiger partial charge in [-0.05, 0) is 32.0 Å². The Hall–Kier alpha value is -3.27. The molecule has 0 unspecified atom stereocenters. The summed E-state index contributed by atoms with van der Waals surface area (Å²) in [5, 5.41) is 11.4. The number of esters is 1. The number of anilines is 1. The van der Waals surface area contributed by atoms with Gasteiger partial charge in [-0.3, -0.25) is 9.78 Å². The number of carbonyl (C=O) groups excluding carboxylic acids is 2. The zero-order chi connectivity index (χ0) is 16.8. The molecule has 1 N–H and O–H groups in total. The van der Waals surface area contributed by atoms with E-state index in [4.69, 9.17) is 10.00 Å². The molecule has 23 heavy (non-hydrogen) atoms. The third-order valence-electron chi connectivity index (χ3n) is 2.90. The first-order valence-corrected chi connectivity index (χ1v) is 6.80. The van der Waals surface area contributed by atoms with Gasteiger partial charge in [0.2, 0.25) is 0 Å². The Morgan fingerprint density at radius 3 is 2.74 bits per heavy atom. The number of amides is 1. The van der Waals surface area contributed by atoms with Gasteiger partial charge >= 0.3 is 5.97 Å². The Balaban J connectivity index is 1.98. The number of carbonyl (C=O) groups is 2. The van der Waals surface area contributed by atoms with Crippen LogP contribution in [-0.2, 0) is 9.53 Å². The van der Waals surface area contributed by atoms with Crippen molar-refractivity contribution in [2.45, 2.75) is 20.0 Å². The standard InChI is InChI=1S/C16H14N4O3/c1-10-8-19-14(9-18-10)16(22)23-11(2)15(21)20-13-5-3-4-12(6-13)7-17/h3-6,8-9,11H,1-2H3,(H,20,21)/t11-/m1/s1. The lowest BCUT2D eigenvalue weighted by Gasteiger charge is -2.13. The summed E-state index contributed by atoms with van der Waals surface area (Å²) in [6, 6.07) is 8.41. The van der Waals surface area contributed by atoms with Crippen molar-refractivity contribution >= 4 is 17.6 Å². The van der Waals surface area contributed by atoms with E-state index in [1.54, 1.807) is 25.1 Å². The number of benzene rings is 1. The molecule has 0 saturated carbocycles. The number of hydrogen-bond acceptors (Lipinski definition) is 6. The van der Waals surface area contributed by atoms with Gasteiger partial charge in [-0.2, -0.15) is 5.26 Å². The highest BCUT2D eigenvalue weighted by molar-refractivity contribution is 5.96. The molecule has 7 heteroatoms. The molecular weight excluding hydrogens is 296 g/mol. The van der Waals surface area contributed by atoms with Crippen molar-refractivity contribution in [2.24, 2.45) is 0 Å². The molecule has 2 aromatic rings. The molecule has 2 rings (SSSR count). The fraction of sp³-hybridized carbons (Fsp3) is 0.188. The first kappa shape index (κ1) is 16.1. The van der Waals surface area contributed by atoms with Crippen molar-refractivity contribution in [1.82, 2.24) is 9.97 Å². The molecule has 1 aromatic carbocycles. The van der Waals surface area contributed by atoms with Crippen molar-refractivity contribution in [2.75, 3.05) is 5.32 Å². The van der Waals surface area contributed by atoms with E-state index in [9.17, 15) is 9.59 Å². The number of aromatic nitrogens is 2. The molecule has 7 nitrogen and oxygen atoms in total. The summed E-state index contributed by atoms with van der Waals surface area (Å²) < 4.78 is 5.05. The van der Waals surface area contributed by atoms with E-state index in [1.165, 1.54) is 25.4 Å². The zero-order valence-corrected chi connectivity index (χ0v) is 12.6. The molecule has 0 bridgehead atoms. The van der Waals surface area contributed by atoms with Gasteiger partial charge in [0.1, 0.15) is 0 Å². The molecule has 0 radical (unpaired) electrons. The monoisotopic (exact) mass is 310 g/mol. The van der Waals surface area contributed by atoms with Gasteiger partial charge in [-0.25, -0.2) is 9.78 Å². The molecule has 0 fully saturated rings. The minimum atomic E-state index is -1.02. The number of nitriles is 1. The van der Waals surface area contributed by atoms with E-state index in [-0.39, 0.29) is 5.69 Å². The molecular formula is C16H14N4O3. The van der Waals surface area contributed by atoms with E-state index >= 15 is 0 Å². The van der Waals surface area contributed by atoms with Gasteiger partial charge in [-0.15, -0.1) is 0 Å². The summed E-state index contributed by atoms with van der Waals surface area (Å²) in [4.78, 5) is 31.7. The van der Waals surface area contributed by atoms with Crippen molar-refractivity contribution in [3.8, 4) is 6.07 Å². The van der Waals surface area contributed by atoms with E-state index < -0.39 is 18.0 Å². The average Bonchev–Trinajstić information content (AvgIpc) is 2.55. The highest BCUT2D eigenvalue weighted by Gasteiger charge is 2.20. The first-order chi connectivity index (χ1) is 11.0. The minimum absolute atomic E-state index is 0.0294. The van der Waals surface area contributed by atoms with Gasteiger partial charge in [-0.1, -0.05) is 6.07 Å². The predicted octanol–water partition coefficient (Wildman–Crippen LogP) is 1.84. The van der Waals surface area contributed by atoms with Gasteiger partial charge in [0, 0.05) is 11.9 Å². The summed E-state index contributed by atoms with van der Waals surface area (Å²) in [6.45, 7) is 3.19. The average molecular weight is 310 g/mol. The largest absolute Gasteiger partial charge is 0.448 e. The van der Waals surface area contributed by atoms with Crippen LogP contribution in [0, 0.1) is 18.3 Å². The SMILES string of the molecule is Cc1cnc(C(=O)O[C@H](C)C(=O)Nc2cccc(C#N)c2)cn1. The van der Waals surface area contributed by atoms with E-state index in [0.29, 0.717) is 16.9 Å². The number of nitrogens with zero attached hydrogens (tertiary/aromatic N) is 3. The molecule has 0 aliphatic rings. The maximum atomic E-state index is 12.0. The summed E-state index contributed by atoms with van der Waals surface area (Å²) in [5.41, 5.74) is 1.57. The molecule has 0 aliphatic heterocycles. The lowest BCUT2D eigenvalue weighted by atomic mass is 10.2. The molecule has 0 aliphatic carbocycles. The predicted molar refractivity (Wildman–Crippen MR) is 81.4 cm³/mol. The van der Waals surface area contributed by atoms with Crippen LogP contribution in [-0.4, -0.2) is 27.9 Å². The number of hydrogen-bond donors (Lipinski definition) is 1. The highest BCUT2D eigenvalue weighted by atomic mass is 16.5. The third-order valence-corrected chi connectivity index (χ3v) is 2.90. The van der Waals surface area contributed by atoms with Crippen LogP contribution < -0.4 is 5.32 Å². The van der Waals surface area contributed by atoms with E-state index in [0.717, 1.165) is 0 Å². The van der Waals surface area contributed by atoms with Crippen LogP contribution in [0.15, 0.2) is 36.7 Å². The summed E-state index contributed by atoms with van der Waals surface area (Å²) in [6.07, 6.45) is 1.71. The van der Waals surface area contributed by atoms with Crippen LogP contribution in [0.2, 0.25) is 0 Å². The van der Waals surface area contributed by atoms with Crippen molar-refractivity contribution in [1.29, 1.82) is 5.26 Å². The summed E-state index contributed by atoms with van der Waals surface area (Å²) >= 11 is 0. The van der Waals surface area contributed by atoms with Crippen LogP contribution in [0.5, 0.6) is 0 Å². The molecule has 1 heterocycles. The third kappa shape index (κ3) is 4.35. The lowest BCUT2D eigenvalue weighted by Crippen LogP contribution is -2.30. The molecule has 1 aromatic heterocycles. The Morgan fingerprint density at radius 2 is 2.09 bits per heavy atom. The van der Waals surface area contributed by atoms with Gasteiger partial charge in [0.25, 0.3) is 5.91 Å². The maximum Gasteiger partial charge on any atom is 0.359 e. The quantitative estimate of drug-likeness (QED) is 0.864. The maximum absolute atomic E-state index is 12.0. The van der Waals surface area contributed by atoms with Crippen molar-refractivity contribution in [3.63, 3.8) is 0 Å². The van der Waals surface area contributed by atoms with Gasteiger partial charge < -0.3 is 10.1 Å². The second-order valence-electron chi connectivity index (χ2n) is 4.77. The normalized spacial score (nSPS) is 11.2. The van der Waals surface area contributed by atoms with Crippen LogP contribution in [0.3, 0.4) is 0 Å². The van der Waals surface area contributed by atoms with E-state index in [1.807, 2.05) is 6.07 Å². The van der Waals surface area contributed by atoms with Gasteiger partial charge in [0.05, 0.1) is 23.5 Å². The number of rotatable bonds is 4. The first-order valence-electron chi connectivity index (χ1n) is 6.80. The number of nitrogens with one attached hydrogen (secondary N) is 1. The Morgan fingerprint density at radius 1 is 1.30 bits per heavy atom. The van der Waals surface area contributed by atoms with Crippen molar-refractivity contribution in [3.05, 3.63) is 53.6 Å². The summed E-state index contributed by atoms with van der Waals surface area (Å²) in [5.74, 6) is -1.24. The Labute approximate surface area is 132 Å². The van der Waals surface area contributed by atoms with Crippen LogP contribution >= 0.6 is 0 Å². The van der Waals surface area contributed by atoms with Crippen LogP contribution in [0.4, 0.5) is 5.69 Å². The topological polar surface area (TPSA) is 105 Å². The lowest BCUT2D eigenvalue weighted by molar-refractivity contribution is -0.123. The molecule has 1 amide bonds. The fourth-order valence-electron chi connectivity index (χ4n) is 1.68. The molecule has 0 spiro atoms. The number of aryl methyl sites for hydroxylation is 1. The smallest absolute Gasteiger partial charge is 0.359 e. The number of ether oxygens (including phenoxy) is 1. The molecule has 1 atom stereocenters. The highest BCUT2D eigenvalue weighted by Crippen LogP contribution is 2.11. The van der Waals surface area contributed by atoms with E-state index in [2.05, 4.69) is 15.3 Å². The minimum Gasteiger partial charge on any atom is -0.448 e. The Kier molecular flexibility index (Phi) is 5.00. The van der Waals surface area contributed by atoms with Gasteiger partial charge in [0.15, 0.2) is 11.8 Å². The zero-order valence-electron chi connectivity index (χ0n) is 12.6. The second kappa shape index (κ2) is 7.13. The second-order valence-corrected chi connectivity index (χ2v) is 4.77. The molecule has 0 saturated heterocycles.